The summed E-state index contributed by atoms with van der Waals surface area (Å²) in [7, 11) is 1.26. The zero-order chi connectivity index (χ0) is 14.9. The molecular formula is C13H9Cl3N2O2. The number of carbonyl (C=O) groups excluding carboxylic acids is 1. The Balaban J connectivity index is 2.70. The topological polar surface area (TPSA) is 65.2 Å². The van der Waals surface area contributed by atoms with Crippen molar-refractivity contribution in [2.45, 2.75) is 0 Å². The lowest BCUT2D eigenvalue weighted by Gasteiger charge is -2.11. The number of nitrogen functional groups attached to an aromatic ring is 1. The Morgan fingerprint density at radius 2 is 1.75 bits per heavy atom. The van der Waals surface area contributed by atoms with Crippen molar-refractivity contribution in [2.75, 3.05) is 12.8 Å². The summed E-state index contributed by atoms with van der Waals surface area (Å²) in [5.74, 6) is -0.417. The van der Waals surface area contributed by atoms with E-state index in [-0.39, 0.29) is 21.6 Å². The van der Waals surface area contributed by atoms with E-state index < -0.39 is 5.97 Å². The van der Waals surface area contributed by atoms with Gasteiger partial charge in [-0.25, -0.2) is 9.78 Å². The second-order valence-corrected chi connectivity index (χ2v) is 5.01. The van der Waals surface area contributed by atoms with Gasteiger partial charge in [0.2, 0.25) is 0 Å². The highest BCUT2D eigenvalue weighted by Crippen LogP contribution is 2.39. The number of halogens is 3. The Bertz CT molecular complexity index is 690. The number of aromatic nitrogens is 1. The number of esters is 1. The normalized spacial score (nSPS) is 10.4. The van der Waals surface area contributed by atoms with E-state index in [0.717, 1.165) is 0 Å². The molecule has 0 bridgehead atoms. The van der Waals surface area contributed by atoms with Gasteiger partial charge in [-0.3, -0.25) is 0 Å². The Morgan fingerprint density at radius 1 is 1.10 bits per heavy atom. The van der Waals surface area contributed by atoms with E-state index in [1.165, 1.54) is 7.11 Å². The minimum absolute atomic E-state index is 0.0628. The monoisotopic (exact) mass is 330 g/mol. The highest BCUT2D eigenvalue weighted by molar-refractivity contribution is 6.49. The van der Waals surface area contributed by atoms with E-state index in [4.69, 9.17) is 40.5 Å². The van der Waals surface area contributed by atoms with Crippen molar-refractivity contribution in [1.82, 2.24) is 4.98 Å². The fourth-order valence-electron chi connectivity index (χ4n) is 1.68. The van der Waals surface area contributed by atoms with Crippen LogP contribution < -0.4 is 5.73 Å². The van der Waals surface area contributed by atoms with E-state index in [1.54, 1.807) is 24.3 Å². The van der Waals surface area contributed by atoms with E-state index in [2.05, 4.69) is 9.72 Å². The van der Waals surface area contributed by atoms with Crippen molar-refractivity contribution in [3.63, 3.8) is 0 Å². The van der Waals surface area contributed by atoms with Crippen LogP contribution in [0.1, 0.15) is 10.5 Å². The Labute approximate surface area is 130 Å². The van der Waals surface area contributed by atoms with E-state index in [9.17, 15) is 4.79 Å². The maximum Gasteiger partial charge on any atom is 0.357 e. The molecule has 0 atom stereocenters. The second kappa shape index (κ2) is 5.87. The zero-order valence-electron chi connectivity index (χ0n) is 10.3. The van der Waals surface area contributed by atoms with Gasteiger partial charge < -0.3 is 10.5 Å². The molecule has 0 fully saturated rings. The summed E-state index contributed by atoms with van der Waals surface area (Å²) in [4.78, 5) is 15.8. The lowest BCUT2D eigenvalue weighted by Crippen LogP contribution is -2.08. The summed E-state index contributed by atoms with van der Waals surface area (Å²) in [6.07, 6.45) is 0. The van der Waals surface area contributed by atoms with Gasteiger partial charge in [0.05, 0.1) is 22.2 Å². The molecule has 0 aliphatic rings. The second-order valence-electron chi connectivity index (χ2n) is 3.85. The molecular weight excluding hydrogens is 323 g/mol. The van der Waals surface area contributed by atoms with Gasteiger partial charge in [0, 0.05) is 11.1 Å². The number of ether oxygens (including phenoxy) is 1. The van der Waals surface area contributed by atoms with Crippen LogP contribution in [0, 0.1) is 0 Å². The minimum Gasteiger partial charge on any atom is -0.464 e. The van der Waals surface area contributed by atoms with Gasteiger partial charge in [-0.2, -0.15) is 0 Å². The van der Waals surface area contributed by atoms with Crippen LogP contribution in [0.3, 0.4) is 0 Å². The molecule has 104 valence electrons. The molecule has 0 unspecified atom stereocenters. The number of rotatable bonds is 2. The van der Waals surface area contributed by atoms with Crippen molar-refractivity contribution in [3.05, 3.63) is 45.0 Å². The molecule has 7 heteroatoms. The summed E-state index contributed by atoms with van der Waals surface area (Å²) in [6.45, 7) is 0. The third-order valence-electron chi connectivity index (χ3n) is 2.62. The largest absolute Gasteiger partial charge is 0.464 e. The summed E-state index contributed by atoms with van der Waals surface area (Å²) in [5, 5.41) is 0.762. The highest BCUT2D eigenvalue weighted by atomic mass is 35.5. The van der Waals surface area contributed by atoms with E-state index in [1.807, 2.05) is 0 Å². The van der Waals surface area contributed by atoms with Crippen LogP contribution in [0.2, 0.25) is 15.1 Å². The number of hydrogen-bond acceptors (Lipinski definition) is 4. The van der Waals surface area contributed by atoms with Crippen molar-refractivity contribution in [3.8, 4) is 11.1 Å². The van der Waals surface area contributed by atoms with Crippen LogP contribution >= 0.6 is 34.8 Å². The Morgan fingerprint density at radius 3 is 2.40 bits per heavy atom. The van der Waals surface area contributed by atoms with Crippen molar-refractivity contribution in [1.29, 1.82) is 0 Å². The average Bonchev–Trinajstić information content (AvgIpc) is 2.44. The molecule has 0 spiro atoms. The van der Waals surface area contributed by atoms with Gasteiger partial charge in [0.1, 0.15) is 5.82 Å². The van der Waals surface area contributed by atoms with Crippen molar-refractivity contribution < 1.29 is 9.53 Å². The number of hydrogen-bond donors (Lipinski definition) is 1. The van der Waals surface area contributed by atoms with Crippen LogP contribution in [0.4, 0.5) is 5.82 Å². The molecule has 0 radical (unpaired) electrons. The number of pyridine rings is 1. The smallest absolute Gasteiger partial charge is 0.357 e. The maximum atomic E-state index is 11.8. The van der Waals surface area contributed by atoms with E-state index in [0.29, 0.717) is 16.1 Å². The predicted octanol–water partition coefficient (Wildman–Crippen LogP) is 4.08. The molecule has 0 saturated carbocycles. The fourth-order valence-corrected chi connectivity index (χ4v) is 2.32. The SMILES string of the molecule is COC(=O)c1nc(N)ccc1-c1ccc(Cl)c(Cl)c1Cl. The molecule has 1 aromatic heterocycles. The first kappa shape index (κ1) is 14.9. The molecule has 2 rings (SSSR count). The first-order chi connectivity index (χ1) is 9.45. The van der Waals surface area contributed by atoms with Gasteiger partial charge >= 0.3 is 5.97 Å². The number of methoxy groups -OCH3 is 1. The number of anilines is 1. The fraction of sp³-hybridized carbons (Fsp3) is 0.0769. The minimum atomic E-state index is -0.616. The standard InChI is InChI=1S/C13H9Cl3N2O2/c1-20-13(19)12-7(3-5-9(17)18-12)6-2-4-8(14)11(16)10(6)15/h2-5H,1H3,(H2,17,18). The molecule has 20 heavy (non-hydrogen) atoms. The lowest BCUT2D eigenvalue weighted by atomic mass is 10.0. The van der Waals surface area contributed by atoms with Gasteiger partial charge in [-0.1, -0.05) is 40.9 Å². The molecule has 1 aromatic carbocycles. The van der Waals surface area contributed by atoms with Crippen LogP contribution in [-0.4, -0.2) is 18.1 Å². The Kier molecular flexibility index (Phi) is 4.38. The average molecular weight is 332 g/mol. The van der Waals surface area contributed by atoms with Crippen LogP contribution in [0.15, 0.2) is 24.3 Å². The van der Waals surface area contributed by atoms with Gasteiger partial charge in [0.25, 0.3) is 0 Å². The third kappa shape index (κ3) is 2.68. The van der Waals surface area contributed by atoms with E-state index >= 15 is 0 Å². The van der Waals surface area contributed by atoms with Crippen LogP contribution in [-0.2, 0) is 4.74 Å². The first-order valence-electron chi connectivity index (χ1n) is 5.44. The number of nitrogens with two attached hydrogens (primary N) is 1. The molecule has 0 amide bonds. The summed E-state index contributed by atoms with van der Waals surface area (Å²) in [6, 6.07) is 6.42. The third-order valence-corrected chi connectivity index (χ3v) is 3.91. The molecule has 4 nitrogen and oxygen atoms in total. The molecule has 2 N–H and O–H groups in total. The maximum absolute atomic E-state index is 11.8. The predicted molar refractivity (Wildman–Crippen MR) is 80.5 cm³/mol. The first-order valence-corrected chi connectivity index (χ1v) is 6.57. The number of carbonyl (C=O) groups is 1. The number of nitrogens with zero attached hydrogens (tertiary/aromatic N) is 1. The zero-order valence-corrected chi connectivity index (χ0v) is 12.6. The number of benzene rings is 1. The molecule has 2 aromatic rings. The molecule has 0 aliphatic carbocycles. The van der Waals surface area contributed by atoms with Gasteiger partial charge in [0.15, 0.2) is 5.69 Å². The van der Waals surface area contributed by atoms with Gasteiger partial charge in [-0.05, 0) is 18.2 Å². The summed E-state index contributed by atoms with van der Waals surface area (Å²) < 4.78 is 4.69. The molecule has 1 heterocycles. The van der Waals surface area contributed by atoms with Crippen molar-refractivity contribution >= 4 is 46.6 Å². The van der Waals surface area contributed by atoms with Crippen LogP contribution in [0.25, 0.3) is 11.1 Å². The summed E-state index contributed by atoms with van der Waals surface area (Å²) >= 11 is 18.1. The summed E-state index contributed by atoms with van der Waals surface area (Å²) in [5.41, 5.74) is 6.64. The molecule has 0 aliphatic heterocycles. The van der Waals surface area contributed by atoms with Gasteiger partial charge in [-0.15, -0.1) is 0 Å². The highest BCUT2D eigenvalue weighted by Gasteiger charge is 2.19. The molecule has 0 saturated heterocycles. The van der Waals surface area contributed by atoms with Crippen LogP contribution in [0.5, 0.6) is 0 Å². The quantitative estimate of drug-likeness (QED) is 0.665. The van der Waals surface area contributed by atoms with Crippen molar-refractivity contribution in [2.24, 2.45) is 0 Å². The lowest BCUT2D eigenvalue weighted by molar-refractivity contribution is 0.0595. The Hall–Kier alpha value is -1.49.